The molecule has 1 aromatic heterocycles. The highest BCUT2D eigenvalue weighted by atomic mass is 16.5. The van der Waals surface area contributed by atoms with E-state index >= 15 is 0 Å². The third-order valence-corrected chi connectivity index (χ3v) is 4.74. The maximum absolute atomic E-state index is 6.61. The molecule has 0 spiro atoms. The van der Waals surface area contributed by atoms with Crippen molar-refractivity contribution in [1.29, 1.82) is 0 Å². The molecular weight excluding hydrogens is 248 g/mol. The molecule has 0 saturated heterocycles. The smallest absolute Gasteiger partial charge is 0.142 e. The monoisotopic (exact) mass is 272 g/mol. The van der Waals surface area contributed by atoms with Crippen LogP contribution < -0.4 is 10.5 Å². The number of aryl methyl sites for hydroxylation is 1. The zero-order chi connectivity index (χ0) is 14.1. The predicted molar refractivity (Wildman–Crippen MR) is 83.1 cm³/mol. The van der Waals surface area contributed by atoms with Gasteiger partial charge in [0.2, 0.25) is 0 Å². The van der Waals surface area contributed by atoms with Gasteiger partial charge in [0.25, 0.3) is 0 Å². The molecule has 1 heterocycles. The largest absolute Gasteiger partial charge is 0.495 e. The Hall–Kier alpha value is -1.48. The summed E-state index contributed by atoms with van der Waals surface area (Å²) >= 11 is 0. The zero-order valence-corrected chi connectivity index (χ0v) is 12.4. The molecular formula is C17H24N2O. The van der Waals surface area contributed by atoms with Crippen LogP contribution in [0.25, 0.3) is 10.9 Å². The maximum Gasteiger partial charge on any atom is 0.142 e. The number of aromatic nitrogens is 1. The molecule has 1 aliphatic carbocycles. The second-order valence-electron chi connectivity index (χ2n) is 5.97. The number of hydrogen-bond donors (Lipinski definition) is 2. The van der Waals surface area contributed by atoms with Gasteiger partial charge in [0.1, 0.15) is 5.75 Å². The van der Waals surface area contributed by atoms with Crippen LogP contribution in [0.2, 0.25) is 0 Å². The van der Waals surface area contributed by atoms with Crippen molar-refractivity contribution in [3.8, 4) is 5.75 Å². The topological polar surface area (TPSA) is 51.0 Å². The molecule has 1 atom stereocenters. The molecule has 20 heavy (non-hydrogen) atoms. The lowest BCUT2D eigenvalue weighted by Gasteiger charge is -2.28. The van der Waals surface area contributed by atoms with E-state index in [1.807, 2.05) is 12.1 Å². The maximum atomic E-state index is 6.61. The molecule has 0 aliphatic heterocycles. The molecule has 0 radical (unpaired) electrons. The molecule has 2 aromatic rings. The van der Waals surface area contributed by atoms with E-state index in [1.165, 1.54) is 48.7 Å². The van der Waals surface area contributed by atoms with Gasteiger partial charge < -0.3 is 15.5 Å². The lowest BCUT2D eigenvalue weighted by Crippen LogP contribution is -2.24. The number of benzene rings is 1. The van der Waals surface area contributed by atoms with Gasteiger partial charge in [-0.3, -0.25) is 0 Å². The van der Waals surface area contributed by atoms with Crippen molar-refractivity contribution in [3.05, 3.63) is 29.5 Å². The minimum absolute atomic E-state index is 0.135. The van der Waals surface area contributed by atoms with E-state index in [9.17, 15) is 0 Å². The molecule has 0 amide bonds. The van der Waals surface area contributed by atoms with Gasteiger partial charge in [-0.15, -0.1) is 0 Å². The van der Waals surface area contributed by atoms with Crippen molar-refractivity contribution in [2.45, 2.75) is 45.1 Å². The summed E-state index contributed by atoms with van der Waals surface area (Å²) < 4.78 is 5.45. The number of fused-ring (bicyclic) bond motifs is 1. The fourth-order valence-corrected chi connectivity index (χ4v) is 3.67. The molecule has 108 valence electrons. The van der Waals surface area contributed by atoms with E-state index in [-0.39, 0.29) is 6.04 Å². The van der Waals surface area contributed by atoms with Crippen molar-refractivity contribution < 1.29 is 4.74 Å². The summed E-state index contributed by atoms with van der Waals surface area (Å²) in [5, 5.41) is 1.22. The average molecular weight is 272 g/mol. The summed E-state index contributed by atoms with van der Waals surface area (Å²) in [6, 6.07) is 6.33. The Morgan fingerprint density at radius 2 is 2.00 bits per heavy atom. The first-order valence-electron chi connectivity index (χ1n) is 7.63. The average Bonchev–Trinajstić information content (AvgIpc) is 2.83. The van der Waals surface area contributed by atoms with Crippen molar-refractivity contribution >= 4 is 10.9 Å². The first-order chi connectivity index (χ1) is 9.72. The molecule has 1 aromatic carbocycles. The SMILES string of the molecule is COc1cccc2c(C(N)C3CCCCC3)c(C)[nH]c12. The van der Waals surface area contributed by atoms with Crippen molar-refractivity contribution in [3.63, 3.8) is 0 Å². The third kappa shape index (κ3) is 2.20. The molecule has 3 nitrogen and oxygen atoms in total. The lowest BCUT2D eigenvalue weighted by atomic mass is 9.81. The van der Waals surface area contributed by atoms with Crippen LogP contribution in [0.1, 0.15) is 49.4 Å². The Labute approximate surface area is 120 Å². The van der Waals surface area contributed by atoms with Crippen LogP contribution >= 0.6 is 0 Å². The fraction of sp³-hybridized carbons (Fsp3) is 0.529. The van der Waals surface area contributed by atoms with E-state index < -0.39 is 0 Å². The van der Waals surface area contributed by atoms with Crippen LogP contribution in [0.3, 0.4) is 0 Å². The zero-order valence-electron chi connectivity index (χ0n) is 12.4. The van der Waals surface area contributed by atoms with Crippen LogP contribution in [0.4, 0.5) is 0 Å². The summed E-state index contributed by atoms with van der Waals surface area (Å²) in [4.78, 5) is 3.46. The number of aromatic amines is 1. The van der Waals surface area contributed by atoms with Crippen molar-refractivity contribution in [1.82, 2.24) is 4.98 Å². The standard InChI is InChI=1S/C17H24N2O/c1-11-15(16(18)12-7-4-3-5-8-12)13-9-6-10-14(20-2)17(13)19-11/h6,9-10,12,16,19H,3-5,7-8,18H2,1-2H3. The predicted octanol–water partition coefficient (Wildman–Crippen LogP) is 4.07. The second-order valence-corrected chi connectivity index (χ2v) is 5.97. The Kier molecular flexibility index (Phi) is 3.70. The number of hydrogen-bond acceptors (Lipinski definition) is 2. The van der Waals surface area contributed by atoms with Gasteiger partial charge >= 0.3 is 0 Å². The molecule has 0 bridgehead atoms. The Bertz CT molecular complexity index is 596. The van der Waals surface area contributed by atoms with E-state index in [4.69, 9.17) is 10.5 Å². The molecule has 3 heteroatoms. The van der Waals surface area contributed by atoms with Gasteiger partial charge in [-0.1, -0.05) is 31.4 Å². The van der Waals surface area contributed by atoms with Crippen LogP contribution in [0.15, 0.2) is 18.2 Å². The van der Waals surface area contributed by atoms with E-state index in [0.29, 0.717) is 5.92 Å². The Morgan fingerprint density at radius 3 is 2.70 bits per heavy atom. The summed E-state index contributed by atoms with van der Waals surface area (Å²) in [7, 11) is 1.71. The number of nitrogens with two attached hydrogens (primary N) is 1. The van der Waals surface area contributed by atoms with Gasteiger partial charge in [-0.25, -0.2) is 0 Å². The summed E-state index contributed by atoms with van der Waals surface area (Å²) in [6.07, 6.45) is 6.53. The number of rotatable bonds is 3. The van der Waals surface area contributed by atoms with E-state index in [2.05, 4.69) is 18.0 Å². The van der Waals surface area contributed by atoms with Gasteiger partial charge in [0, 0.05) is 17.1 Å². The van der Waals surface area contributed by atoms with Crippen LogP contribution in [0, 0.1) is 12.8 Å². The van der Waals surface area contributed by atoms with Gasteiger partial charge in [-0.2, -0.15) is 0 Å². The summed E-state index contributed by atoms with van der Waals surface area (Å²) in [5.74, 6) is 1.51. The second kappa shape index (κ2) is 5.49. The number of ether oxygens (including phenoxy) is 1. The van der Waals surface area contributed by atoms with Crippen LogP contribution in [-0.4, -0.2) is 12.1 Å². The molecule has 1 unspecified atom stereocenters. The number of para-hydroxylation sites is 1. The quantitative estimate of drug-likeness (QED) is 0.885. The highest BCUT2D eigenvalue weighted by Gasteiger charge is 2.26. The first kappa shape index (κ1) is 13.5. The highest BCUT2D eigenvalue weighted by molar-refractivity contribution is 5.90. The Morgan fingerprint density at radius 1 is 1.25 bits per heavy atom. The molecule has 1 fully saturated rings. The highest BCUT2D eigenvalue weighted by Crippen LogP contribution is 2.39. The van der Waals surface area contributed by atoms with Gasteiger partial charge in [0.05, 0.1) is 12.6 Å². The molecule has 3 rings (SSSR count). The lowest BCUT2D eigenvalue weighted by molar-refractivity contribution is 0.308. The summed E-state index contributed by atoms with van der Waals surface area (Å²) in [6.45, 7) is 2.12. The minimum Gasteiger partial charge on any atom is -0.495 e. The molecule has 3 N–H and O–H groups in total. The fourth-order valence-electron chi connectivity index (χ4n) is 3.67. The molecule has 1 saturated carbocycles. The first-order valence-corrected chi connectivity index (χ1v) is 7.63. The van der Waals surface area contributed by atoms with Crippen molar-refractivity contribution in [2.75, 3.05) is 7.11 Å². The van der Waals surface area contributed by atoms with E-state index in [0.717, 1.165) is 11.3 Å². The van der Waals surface area contributed by atoms with Crippen LogP contribution in [0.5, 0.6) is 5.75 Å². The Balaban J connectivity index is 2.04. The third-order valence-electron chi connectivity index (χ3n) is 4.74. The number of H-pyrrole nitrogens is 1. The van der Waals surface area contributed by atoms with Crippen LogP contribution in [-0.2, 0) is 0 Å². The number of nitrogens with one attached hydrogen (secondary N) is 1. The van der Waals surface area contributed by atoms with Gasteiger partial charge in [0.15, 0.2) is 0 Å². The summed E-state index contributed by atoms with van der Waals surface area (Å²) in [5.41, 5.74) is 10.2. The normalized spacial score (nSPS) is 18.4. The van der Waals surface area contributed by atoms with Gasteiger partial charge in [-0.05, 0) is 37.3 Å². The minimum atomic E-state index is 0.135. The molecule has 1 aliphatic rings. The van der Waals surface area contributed by atoms with Crippen molar-refractivity contribution in [2.24, 2.45) is 11.7 Å². The van der Waals surface area contributed by atoms with E-state index in [1.54, 1.807) is 7.11 Å². The number of methoxy groups -OCH3 is 1.